The molecule has 0 radical (unpaired) electrons. The van der Waals surface area contributed by atoms with E-state index >= 15 is 0 Å². The Hall–Kier alpha value is -1.76. The summed E-state index contributed by atoms with van der Waals surface area (Å²) < 4.78 is 28.3. The average Bonchev–Trinajstić information content (AvgIpc) is 3.27. The van der Waals surface area contributed by atoms with Crippen LogP contribution in [0.3, 0.4) is 0 Å². The van der Waals surface area contributed by atoms with Crippen LogP contribution in [-0.2, 0) is 9.84 Å². The van der Waals surface area contributed by atoms with Gasteiger partial charge in [0.15, 0.2) is 15.8 Å². The van der Waals surface area contributed by atoms with E-state index < -0.39 is 9.84 Å². The molecule has 7 heteroatoms. The third kappa shape index (κ3) is 5.55. The van der Waals surface area contributed by atoms with Gasteiger partial charge in [-0.25, -0.2) is 13.4 Å². The van der Waals surface area contributed by atoms with E-state index in [4.69, 9.17) is 4.74 Å². The van der Waals surface area contributed by atoms with Crippen LogP contribution in [0.5, 0.6) is 5.75 Å². The quantitative estimate of drug-likeness (QED) is 0.447. The minimum atomic E-state index is -3.16. The largest absolute Gasteiger partial charge is 0.492 e. The Morgan fingerprint density at radius 2 is 2.00 bits per heavy atom. The van der Waals surface area contributed by atoms with Gasteiger partial charge in [-0.15, -0.1) is 0 Å². The van der Waals surface area contributed by atoms with Crippen LogP contribution in [0.4, 0.5) is 0 Å². The van der Waals surface area contributed by atoms with Gasteiger partial charge in [-0.3, -0.25) is 0 Å². The summed E-state index contributed by atoms with van der Waals surface area (Å²) in [7, 11) is -3.16. The maximum absolute atomic E-state index is 11.4. The van der Waals surface area contributed by atoms with E-state index in [1.165, 1.54) is 19.1 Å². The first-order valence-electron chi connectivity index (χ1n) is 7.47. The summed E-state index contributed by atoms with van der Waals surface area (Å²) in [6.45, 7) is 3.84. The SMILES string of the molecule is CCNC(=NCCOc1ccc(S(C)(=O)=O)cc1)NC1CC1. The number of guanidine groups is 1. The molecule has 0 heterocycles. The number of hydrogen-bond donors (Lipinski definition) is 2. The fourth-order valence-electron chi connectivity index (χ4n) is 1.85. The van der Waals surface area contributed by atoms with Crippen LogP contribution in [-0.4, -0.2) is 46.4 Å². The molecule has 0 saturated heterocycles. The normalized spacial score (nSPS) is 15.5. The molecule has 1 aliphatic rings. The van der Waals surface area contributed by atoms with Gasteiger partial charge in [-0.2, -0.15) is 0 Å². The van der Waals surface area contributed by atoms with Crippen molar-refractivity contribution in [2.75, 3.05) is 26.0 Å². The summed E-state index contributed by atoms with van der Waals surface area (Å²) in [5.41, 5.74) is 0. The molecule has 0 spiro atoms. The van der Waals surface area contributed by atoms with Crippen molar-refractivity contribution < 1.29 is 13.2 Å². The highest BCUT2D eigenvalue weighted by Crippen LogP contribution is 2.18. The number of aliphatic imine (C=N–C) groups is 1. The lowest BCUT2D eigenvalue weighted by Gasteiger charge is -2.10. The van der Waals surface area contributed by atoms with Crippen LogP contribution < -0.4 is 15.4 Å². The lowest BCUT2D eigenvalue weighted by atomic mass is 10.3. The van der Waals surface area contributed by atoms with Gasteiger partial charge in [0.25, 0.3) is 0 Å². The molecular formula is C15H23N3O3S. The topological polar surface area (TPSA) is 79.8 Å². The highest BCUT2D eigenvalue weighted by Gasteiger charge is 2.21. The van der Waals surface area contributed by atoms with Gasteiger partial charge in [0, 0.05) is 18.8 Å². The number of rotatable bonds is 7. The van der Waals surface area contributed by atoms with Gasteiger partial charge < -0.3 is 15.4 Å². The standard InChI is InChI=1S/C15H23N3O3S/c1-3-16-15(18-12-4-5-12)17-10-11-21-13-6-8-14(9-7-13)22(2,19)20/h6-9,12H,3-5,10-11H2,1-2H3,(H2,16,17,18). The molecule has 0 unspecified atom stereocenters. The molecule has 2 N–H and O–H groups in total. The Labute approximate surface area is 131 Å². The first-order valence-corrected chi connectivity index (χ1v) is 9.36. The minimum absolute atomic E-state index is 0.293. The highest BCUT2D eigenvalue weighted by molar-refractivity contribution is 7.90. The summed E-state index contributed by atoms with van der Waals surface area (Å²) >= 11 is 0. The molecule has 0 bridgehead atoms. The Bertz CT molecular complexity index is 607. The summed E-state index contributed by atoms with van der Waals surface area (Å²) in [6, 6.07) is 6.98. The summed E-state index contributed by atoms with van der Waals surface area (Å²) in [5, 5.41) is 6.52. The second-order valence-electron chi connectivity index (χ2n) is 5.27. The van der Waals surface area contributed by atoms with Gasteiger partial charge in [0.1, 0.15) is 12.4 Å². The molecule has 0 aromatic heterocycles. The lowest BCUT2D eigenvalue weighted by molar-refractivity contribution is 0.328. The van der Waals surface area contributed by atoms with Crippen LogP contribution in [0.15, 0.2) is 34.2 Å². The monoisotopic (exact) mass is 325 g/mol. The molecule has 1 aromatic rings. The second kappa shape index (κ2) is 7.49. The van der Waals surface area contributed by atoms with E-state index in [-0.39, 0.29) is 0 Å². The van der Waals surface area contributed by atoms with Crippen molar-refractivity contribution in [1.82, 2.24) is 10.6 Å². The van der Waals surface area contributed by atoms with Gasteiger partial charge in [0.05, 0.1) is 11.4 Å². The zero-order valence-corrected chi connectivity index (χ0v) is 13.8. The van der Waals surface area contributed by atoms with E-state index in [0.717, 1.165) is 12.5 Å². The van der Waals surface area contributed by atoms with Gasteiger partial charge in [-0.05, 0) is 44.0 Å². The summed E-state index contributed by atoms with van der Waals surface area (Å²) in [4.78, 5) is 4.73. The van der Waals surface area contributed by atoms with Crippen LogP contribution in [0, 0.1) is 0 Å². The second-order valence-corrected chi connectivity index (χ2v) is 7.29. The molecule has 2 rings (SSSR count). The van der Waals surface area contributed by atoms with Gasteiger partial charge in [0.2, 0.25) is 0 Å². The van der Waals surface area contributed by atoms with Crippen molar-refractivity contribution >= 4 is 15.8 Å². The molecule has 1 aliphatic carbocycles. The van der Waals surface area contributed by atoms with Gasteiger partial charge >= 0.3 is 0 Å². The van der Waals surface area contributed by atoms with Crippen molar-refractivity contribution in [3.8, 4) is 5.75 Å². The van der Waals surface area contributed by atoms with Crippen LogP contribution in [0.1, 0.15) is 19.8 Å². The molecule has 0 atom stereocenters. The third-order valence-electron chi connectivity index (χ3n) is 3.14. The molecule has 1 saturated carbocycles. The maximum Gasteiger partial charge on any atom is 0.191 e. The molecule has 1 aromatic carbocycles. The van der Waals surface area contributed by atoms with Crippen molar-refractivity contribution in [1.29, 1.82) is 0 Å². The van der Waals surface area contributed by atoms with Crippen molar-refractivity contribution in [3.05, 3.63) is 24.3 Å². The summed E-state index contributed by atoms with van der Waals surface area (Å²) in [5.74, 6) is 1.46. The smallest absolute Gasteiger partial charge is 0.191 e. The number of benzene rings is 1. The maximum atomic E-state index is 11.4. The number of ether oxygens (including phenoxy) is 1. The molecule has 0 amide bonds. The number of nitrogens with zero attached hydrogens (tertiary/aromatic N) is 1. The fraction of sp³-hybridized carbons (Fsp3) is 0.533. The van der Waals surface area contributed by atoms with E-state index in [1.54, 1.807) is 24.3 Å². The van der Waals surface area contributed by atoms with Crippen LogP contribution in [0.2, 0.25) is 0 Å². The van der Waals surface area contributed by atoms with Crippen molar-refractivity contribution in [2.24, 2.45) is 4.99 Å². The predicted molar refractivity (Wildman–Crippen MR) is 87.2 cm³/mol. The fourth-order valence-corrected chi connectivity index (χ4v) is 2.48. The number of nitrogens with one attached hydrogen (secondary N) is 2. The molecule has 1 fully saturated rings. The van der Waals surface area contributed by atoms with Crippen molar-refractivity contribution in [3.63, 3.8) is 0 Å². The van der Waals surface area contributed by atoms with E-state index in [2.05, 4.69) is 15.6 Å². The van der Waals surface area contributed by atoms with E-state index in [9.17, 15) is 8.42 Å². The Kier molecular flexibility index (Phi) is 5.65. The number of sulfone groups is 1. The Morgan fingerprint density at radius 3 is 2.55 bits per heavy atom. The summed E-state index contributed by atoms with van der Waals surface area (Å²) in [6.07, 6.45) is 3.59. The Morgan fingerprint density at radius 1 is 1.32 bits per heavy atom. The molecule has 122 valence electrons. The zero-order valence-electron chi connectivity index (χ0n) is 13.0. The van der Waals surface area contributed by atoms with Crippen LogP contribution in [0.25, 0.3) is 0 Å². The zero-order chi connectivity index (χ0) is 16.0. The highest BCUT2D eigenvalue weighted by atomic mass is 32.2. The predicted octanol–water partition coefficient (Wildman–Crippen LogP) is 1.19. The number of hydrogen-bond acceptors (Lipinski definition) is 4. The molecule has 6 nitrogen and oxygen atoms in total. The van der Waals surface area contributed by atoms with E-state index in [0.29, 0.717) is 29.8 Å². The Balaban J connectivity index is 1.79. The van der Waals surface area contributed by atoms with Crippen LogP contribution >= 0.6 is 0 Å². The average molecular weight is 325 g/mol. The molecule has 22 heavy (non-hydrogen) atoms. The molecule has 0 aliphatic heterocycles. The van der Waals surface area contributed by atoms with Crippen molar-refractivity contribution in [2.45, 2.75) is 30.7 Å². The third-order valence-corrected chi connectivity index (χ3v) is 4.27. The first kappa shape index (κ1) is 16.6. The molecular weight excluding hydrogens is 302 g/mol. The van der Waals surface area contributed by atoms with E-state index in [1.807, 2.05) is 6.92 Å². The first-order chi connectivity index (χ1) is 10.5. The minimum Gasteiger partial charge on any atom is -0.492 e. The van der Waals surface area contributed by atoms with Gasteiger partial charge in [-0.1, -0.05) is 0 Å². The lowest BCUT2D eigenvalue weighted by Crippen LogP contribution is -2.38.